The lowest BCUT2D eigenvalue weighted by Crippen LogP contribution is -2.34. The van der Waals surface area contributed by atoms with Crippen molar-refractivity contribution in [3.8, 4) is 0 Å². The van der Waals surface area contributed by atoms with Crippen molar-refractivity contribution in [2.75, 3.05) is 19.0 Å². The summed E-state index contributed by atoms with van der Waals surface area (Å²) in [4.78, 5) is 27.5. The van der Waals surface area contributed by atoms with Crippen LogP contribution in [0.5, 0.6) is 0 Å². The van der Waals surface area contributed by atoms with Gasteiger partial charge in [0.25, 0.3) is 0 Å². The quantitative estimate of drug-likeness (QED) is 0.324. The summed E-state index contributed by atoms with van der Waals surface area (Å²) in [6, 6.07) is 14.7. The second kappa shape index (κ2) is 12.5. The number of thioether (sulfide) groups is 1. The highest BCUT2D eigenvalue weighted by Crippen LogP contribution is 2.43. The first-order valence-electron chi connectivity index (χ1n) is 11.1. The molecule has 0 bridgehead atoms. The number of ether oxygens (including phenoxy) is 2. The molecule has 186 valence electrons. The van der Waals surface area contributed by atoms with Crippen molar-refractivity contribution in [3.05, 3.63) is 86.7 Å². The fourth-order valence-corrected chi connectivity index (χ4v) is 5.16. The van der Waals surface area contributed by atoms with Crippen molar-refractivity contribution in [2.24, 2.45) is 0 Å². The Kier molecular flexibility index (Phi) is 9.69. The van der Waals surface area contributed by atoms with E-state index in [4.69, 9.17) is 32.7 Å². The first-order valence-corrected chi connectivity index (χ1v) is 12.8. The number of hydrogen-bond acceptors (Lipinski definition) is 7. The van der Waals surface area contributed by atoms with Crippen molar-refractivity contribution in [1.29, 1.82) is 0 Å². The minimum Gasteiger partial charge on any atom is -0.463 e. The number of carbonyl (C=O) groups excluding carboxylic acids is 2. The average Bonchev–Trinajstić information content (AvgIpc) is 2.83. The number of esters is 2. The van der Waals surface area contributed by atoms with Crippen LogP contribution in [0.4, 0.5) is 0 Å². The molecule has 1 heterocycles. The Bertz CT molecular complexity index is 1150. The van der Waals surface area contributed by atoms with Gasteiger partial charge in [-0.15, -0.1) is 11.8 Å². The van der Waals surface area contributed by atoms with Crippen LogP contribution >= 0.6 is 35.0 Å². The van der Waals surface area contributed by atoms with Gasteiger partial charge in [-0.2, -0.15) is 0 Å². The van der Waals surface area contributed by atoms with E-state index in [0.29, 0.717) is 27.7 Å². The first kappa shape index (κ1) is 27.1. The molecule has 1 aliphatic heterocycles. The van der Waals surface area contributed by atoms with Crippen molar-refractivity contribution in [3.63, 3.8) is 0 Å². The Morgan fingerprint density at radius 3 is 2.31 bits per heavy atom. The van der Waals surface area contributed by atoms with E-state index in [1.165, 1.54) is 11.8 Å². The number of aliphatic hydroxyl groups excluding tert-OH is 1. The number of halogens is 2. The van der Waals surface area contributed by atoms with Gasteiger partial charge < -0.3 is 19.9 Å². The third-order valence-electron chi connectivity index (χ3n) is 5.42. The molecule has 0 radical (unpaired) electrons. The maximum absolute atomic E-state index is 13.5. The molecule has 0 amide bonds. The summed E-state index contributed by atoms with van der Waals surface area (Å²) in [7, 11) is 0. The van der Waals surface area contributed by atoms with Gasteiger partial charge >= 0.3 is 11.9 Å². The number of benzene rings is 2. The molecule has 0 fully saturated rings. The van der Waals surface area contributed by atoms with Gasteiger partial charge in [-0.25, -0.2) is 9.59 Å². The van der Waals surface area contributed by atoms with Gasteiger partial charge in [0.15, 0.2) is 0 Å². The molecule has 0 saturated carbocycles. The summed E-state index contributed by atoms with van der Waals surface area (Å²) in [6.07, 6.45) is -0.762. The molecule has 35 heavy (non-hydrogen) atoms. The highest BCUT2D eigenvalue weighted by Gasteiger charge is 2.39. The minimum atomic E-state index is -0.866. The van der Waals surface area contributed by atoms with E-state index < -0.39 is 24.0 Å². The fraction of sp³-hybridized carbons (Fsp3) is 0.308. The fourth-order valence-electron chi connectivity index (χ4n) is 3.84. The zero-order valence-corrected chi connectivity index (χ0v) is 22.0. The maximum Gasteiger partial charge on any atom is 0.337 e. The van der Waals surface area contributed by atoms with Gasteiger partial charge in [-0.1, -0.05) is 53.5 Å². The van der Waals surface area contributed by atoms with Crippen LogP contribution in [0, 0.1) is 0 Å². The maximum atomic E-state index is 13.5. The average molecular weight is 536 g/mol. The summed E-state index contributed by atoms with van der Waals surface area (Å²) < 4.78 is 11.0. The summed E-state index contributed by atoms with van der Waals surface area (Å²) in [5.41, 5.74) is 1.97. The van der Waals surface area contributed by atoms with Crippen LogP contribution in [0.25, 0.3) is 0 Å². The standard InChI is InChI=1S/C26H27Cl2NO5S/c1-4-33-25(31)21-15(2)29-16(3)22(23(21)19-11-8-12-20(27)24(19)28)26(32)34-17(13-30)14-35-18-9-6-5-7-10-18/h5-12,17,23,29-30H,4,13-14H2,1-3H3/t17-,23+/m1/s1. The number of carbonyl (C=O) groups is 2. The van der Waals surface area contributed by atoms with E-state index >= 15 is 0 Å². The lowest BCUT2D eigenvalue weighted by molar-refractivity contribution is -0.145. The van der Waals surface area contributed by atoms with Gasteiger partial charge in [-0.05, 0) is 44.5 Å². The SMILES string of the molecule is CCOC(=O)C1=C(C)NC(C)=C(C(=O)O[C@H](CO)CSc2ccccc2)[C@H]1c1cccc(Cl)c1Cl. The van der Waals surface area contributed by atoms with Crippen molar-refractivity contribution >= 4 is 46.9 Å². The highest BCUT2D eigenvalue weighted by molar-refractivity contribution is 7.99. The van der Waals surface area contributed by atoms with Crippen LogP contribution < -0.4 is 5.32 Å². The summed E-state index contributed by atoms with van der Waals surface area (Å²) >= 11 is 14.3. The number of allylic oxidation sites excluding steroid dienone is 2. The molecule has 2 aromatic carbocycles. The second-order valence-corrected chi connectivity index (χ2v) is 9.71. The number of aliphatic hydroxyl groups is 1. The topological polar surface area (TPSA) is 84.9 Å². The molecule has 2 N–H and O–H groups in total. The Morgan fingerprint density at radius 1 is 1.03 bits per heavy atom. The molecule has 0 unspecified atom stereocenters. The van der Waals surface area contributed by atoms with E-state index in [2.05, 4.69) is 5.32 Å². The molecule has 9 heteroatoms. The zero-order chi connectivity index (χ0) is 25.5. The number of nitrogens with one attached hydrogen (secondary N) is 1. The van der Waals surface area contributed by atoms with Crippen molar-refractivity contribution in [2.45, 2.75) is 37.7 Å². The van der Waals surface area contributed by atoms with Gasteiger partial charge in [0.2, 0.25) is 0 Å². The van der Waals surface area contributed by atoms with E-state index in [-0.39, 0.29) is 29.4 Å². The van der Waals surface area contributed by atoms with Crippen LogP contribution in [-0.2, 0) is 19.1 Å². The molecule has 0 spiro atoms. The summed E-state index contributed by atoms with van der Waals surface area (Å²) in [5, 5.41) is 13.5. The molecular formula is C26H27Cl2NO5S. The molecule has 2 aromatic rings. The van der Waals surface area contributed by atoms with Gasteiger partial charge in [0, 0.05) is 22.0 Å². The summed E-state index contributed by atoms with van der Waals surface area (Å²) in [5.74, 6) is -1.75. The van der Waals surface area contributed by atoms with E-state index in [1.54, 1.807) is 39.0 Å². The number of rotatable bonds is 9. The Labute approximate surface area is 219 Å². The van der Waals surface area contributed by atoms with Crippen LogP contribution in [0.1, 0.15) is 32.3 Å². The van der Waals surface area contributed by atoms with Crippen LogP contribution in [0.2, 0.25) is 10.0 Å². The monoisotopic (exact) mass is 535 g/mol. The van der Waals surface area contributed by atoms with Gasteiger partial charge in [0.05, 0.1) is 40.3 Å². The Balaban J connectivity index is 1.96. The van der Waals surface area contributed by atoms with Gasteiger partial charge in [0.1, 0.15) is 6.10 Å². The highest BCUT2D eigenvalue weighted by atomic mass is 35.5. The largest absolute Gasteiger partial charge is 0.463 e. The minimum absolute atomic E-state index is 0.164. The van der Waals surface area contributed by atoms with Crippen molar-refractivity contribution < 1.29 is 24.2 Å². The first-order chi connectivity index (χ1) is 16.8. The van der Waals surface area contributed by atoms with E-state index in [0.717, 1.165) is 4.90 Å². The second-order valence-electron chi connectivity index (χ2n) is 7.83. The van der Waals surface area contributed by atoms with E-state index in [9.17, 15) is 14.7 Å². The lowest BCUT2D eigenvalue weighted by Gasteiger charge is -2.31. The van der Waals surface area contributed by atoms with E-state index in [1.807, 2.05) is 30.3 Å². The predicted molar refractivity (Wildman–Crippen MR) is 139 cm³/mol. The Hall–Kier alpha value is -2.45. The molecule has 6 nitrogen and oxygen atoms in total. The molecule has 3 rings (SSSR count). The van der Waals surface area contributed by atoms with Gasteiger partial charge in [-0.3, -0.25) is 0 Å². The zero-order valence-electron chi connectivity index (χ0n) is 19.6. The number of hydrogen-bond donors (Lipinski definition) is 2. The van der Waals surface area contributed by atoms with Crippen LogP contribution in [-0.4, -0.2) is 42.1 Å². The molecule has 0 aromatic heterocycles. The lowest BCUT2D eigenvalue weighted by atomic mass is 9.80. The third kappa shape index (κ3) is 6.41. The Morgan fingerprint density at radius 2 is 1.69 bits per heavy atom. The molecular weight excluding hydrogens is 509 g/mol. The number of dihydropyridines is 1. The smallest absolute Gasteiger partial charge is 0.337 e. The predicted octanol–water partition coefficient (Wildman–Crippen LogP) is 5.49. The third-order valence-corrected chi connectivity index (χ3v) is 7.40. The van der Waals surface area contributed by atoms with Crippen molar-refractivity contribution in [1.82, 2.24) is 5.32 Å². The molecule has 0 saturated heterocycles. The van der Waals surface area contributed by atoms with Crippen LogP contribution in [0.3, 0.4) is 0 Å². The normalized spacial score (nSPS) is 16.6. The molecule has 0 aliphatic carbocycles. The summed E-state index contributed by atoms with van der Waals surface area (Å²) in [6.45, 7) is 4.97. The van der Waals surface area contributed by atoms with Crippen LogP contribution in [0.15, 0.2) is 76.0 Å². The molecule has 2 atom stereocenters. The molecule has 1 aliphatic rings.